The van der Waals surface area contributed by atoms with Crippen LogP contribution in [0.25, 0.3) is 0 Å². The summed E-state index contributed by atoms with van der Waals surface area (Å²) in [5.41, 5.74) is 5.06. The summed E-state index contributed by atoms with van der Waals surface area (Å²) < 4.78 is 5.45. The highest BCUT2D eigenvalue weighted by Gasteiger charge is 2.11. The van der Waals surface area contributed by atoms with Gasteiger partial charge in [0.05, 0.1) is 10.6 Å². The summed E-state index contributed by atoms with van der Waals surface area (Å²) in [5.74, 6) is -1.04. The number of furan rings is 1. The molecule has 22 heavy (non-hydrogen) atoms. The van der Waals surface area contributed by atoms with Gasteiger partial charge in [0, 0.05) is 0 Å². The summed E-state index contributed by atoms with van der Waals surface area (Å²) in [6.45, 7) is 1.46. The summed E-state index contributed by atoms with van der Waals surface area (Å²) in [6, 6.07) is 6.83. The predicted octanol–water partition coefficient (Wildman–Crippen LogP) is 2.31. The third-order valence-corrected chi connectivity index (χ3v) is 3.79. The smallest absolute Gasteiger partial charge is 0.305 e. The molecular weight excluding hydrogens is 374 g/mol. The van der Waals surface area contributed by atoms with E-state index in [2.05, 4.69) is 31.9 Å². The van der Waals surface area contributed by atoms with Crippen molar-refractivity contribution in [3.8, 4) is 0 Å². The van der Waals surface area contributed by atoms with E-state index in [1.54, 1.807) is 13.0 Å². The molecule has 2 aromatic rings. The lowest BCUT2D eigenvalue weighted by molar-refractivity contribution is -0.126. The SMILES string of the molecule is CC(=NOCC(=O)NNC(=O)c1ccc(Br)o1)c1cccs1. The Balaban J connectivity index is 1.72. The monoisotopic (exact) mass is 385 g/mol. The number of rotatable bonds is 5. The van der Waals surface area contributed by atoms with Crippen LogP contribution in [0.15, 0.2) is 43.9 Å². The van der Waals surface area contributed by atoms with E-state index in [0.29, 0.717) is 10.4 Å². The van der Waals surface area contributed by atoms with E-state index in [1.165, 1.54) is 17.4 Å². The van der Waals surface area contributed by atoms with Crippen molar-refractivity contribution in [1.82, 2.24) is 10.9 Å². The second kappa shape index (κ2) is 7.76. The molecule has 9 heteroatoms. The molecule has 2 heterocycles. The van der Waals surface area contributed by atoms with Crippen molar-refractivity contribution in [2.45, 2.75) is 6.92 Å². The van der Waals surface area contributed by atoms with Gasteiger partial charge in [-0.25, -0.2) is 0 Å². The van der Waals surface area contributed by atoms with Crippen LogP contribution >= 0.6 is 27.3 Å². The highest BCUT2D eigenvalue weighted by atomic mass is 79.9. The number of carbonyl (C=O) groups excluding carboxylic acids is 2. The molecule has 0 aliphatic heterocycles. The molecule has 2 N–H and O–H groups in total. The lowest BCUT2D eigenvalue weighted by atomic mass is 10.3. The molecule has 0 unspecified atom stereocenters. The minimum Gasteiger partial charge on any atom is -0.444 e. The number of oxime groups is 1. The van der Waals surface area contributed by atoms with Crippen LogP contribution < -0.4 is 10.9 Å². The second-order valence-electron chi connectivity index (χ2n) is 4.03. The molecule has 7 nitrogen and oxygen atoms in total. The van der Waals surface area contributed by atoms with Crippen molar-refractivity contribution in [3.05, 3.63) is 45.0 Å². The predicted molar refractivity (Wildman–Crippen MR) is 84.5 cm³/mol. The van der Waals surface area contributed by atoms with E-state index in [-0.39, 0.29) is 12.4 Å². The van der Waals surface area contributed by atoms with Gasteiger partial charge in [-0.15, -0.1) is 11.3 Å². The Morgan fingerprint density at radius 3 is 2.82 bits per heavy atom. The van der Waals surface area contributed by atoms with E-state index in [1.807, 2.05) is 17.5 Å². The van der Waals surface area contributed by atoms with Crippen LogP contribution in [0.2, 0.25) is 0 Å². The molecule has 2 amide bonds. The van der Waals surface area contributed by atoms with Crippen LogP contribution in [0.1, 0.15) is 22.4 Å². The molecule has 0 saturated carbocycles. The fraction of sp³-hybridized carbons (Fsp3) is 0.154. The number of amides is 2. The fourth-order valence-electron chi connectivity index (χ4n) is 1.38. The molecule has 0 atom stereocenters. The van der Waals surface area contributed by atoms with E-state index in [9.17, 15) is 9.59 Å². The average molecular weight is 386 g/mol. The number of carbonyl (C=O) groups is 2. The van der Waals surface area contributed by atoms with Gasteiger partial charge in [0.1, 0.15) is 0 Å². The number of nitrogens with zero attached hydrogens (tertiary/aromatic N) is 1. The number of nitrogens with one attached hydrogen (secondary N) is 2. The first-order valence-electron chi connectivity index (χ1n) is 6.11. The van der Waals surface area contributed by atoms with Crippen LogP contribution in [0.3, 0.4) is 0 Å². The van der Waals surface area contributed by atoms with Gasteiger partial charge in [0.25, 0.3) is 5.91 Å². The van der Waals surface area contributed by atoms with Crippen LogP contribution in [0, 0.1) is 0 Å². The topological polar surface area (TPSA) is 92.9 Å². The second-order valence-corrected chi connectivity index (χ2v) is 5.76. The van der Waals surface area contributed by atoms with Crippen molar-refractivity contribution in [2.75, 3.05) is 6.61 Å². The molecule has 116 valence electrons. The van der Waals surface area contributed by atoms with E-state index >= 15 is 0 Å². The lowest BCUT2D eigenvalue weighted by Crippen LogP contribution is -2.43. The van der Waals surface area contributed by atoms with Gasteiger partial charge in [0.15, 0.2) is 17.0 Å². The maximum Gasteiger partial charge on any atom is 0.305 e. The zero-order valence-corrected chi connectivity index (χ0v) is 13.9. The van der Waals surface area contributed by atoms with Crippen LogP contribution in [0.5, 0.6) is 0 Å². The van der Waals surface area contributed by atoms with Crippen molar-refractivity contribution < 1.29 is 18.8 Å². The summed E-state index contributed by atoms with van der Waals surface area (Å²) in [5, 5.41) is 5.74. The summed E-state index contributed by atoms with van der Waals surface area (Å²) in [4.78, 5) is 29.0. The Bertz CT molecular complexity index is 681. The van der Waals surface area contributed by atoms with Crippen molar-refractivity contribution >= 4 is 44.8 Å². The standard InChI is InChI=1S/C13H12BrN3O4S/c1-8(10-3-2-6-22-10)17-20-7-12(18)15-16-13(19)9-4-5-11(14)21-9/h2-6H,7H2,1H3,(H,15,18)(H,16,19). The zero-order chi connectivity index (χ0) is 15.9. The minimum absolute atomic E-state index is 0.0691. The molecule has 0 aliphatic carbocycles. The molecule has 0 radical (unpaired) electrons. The summed E-state index contributed by atoms with van der Waals surface area (Å²) >= 11 is 4.60. The summed E-state index contributed by atoms with van der Waals surface area (Å²) in [6.07, 6.45) is 0. The number of hydrogen-bond acceptors (Lipinski definition) is 6. The first-order valence-corrected chi connectivity index (χ1v) is 7.78. The minimum atomic E-state index is -0.572. The maximum absolute atomic E-state index is 11.6. The molecular formula is C13H12BrN3O4S. The molecule has 0 fully saturated rings. The normalized spacial score (nSPS) is 11.1. The Morgan fingerprint density at radius 1 is 1.36 bits per heavy atom. The molecule has 2 rings (SSSR count). The quantitative estimate of drug-likeness (QED) is 0.609. The van der Waals surface area contributed by atoms with Gasteiger partial charge >= 0.3 is 5.91 Å². The molecule has 0 aromatic carbocycles. The number of thiophene rings is 1. The first-order chi connectivity index (χ1) is 10.6. The molecule has 0 saturated heterocycles. The Hall–Kier alpha value is -2.13. The summed E-state index contributed by atoms with van der Waals surface area (Å²) in [7, 11) is 0. The number of halogens is 1. The van der Waals surface area contributed by atoms with Crippen molar-refractivity contribution in [3.63, 3.8) is 0 Å². The van der Waals surface area contributed by atoms with E-state index in [0.717, 1.165) is 4.88 Å². The lowest BCUT2D eigenvalue weighted by Gasteiger charge is -2.05. The van der Waals surface area contributed by atoms with Crippen LogP contribution in [-0.2, 0) is 9.63 Å². The van der Waals surface area contributed by atoms with Gasteiger partial charge in [-0.3, -0.25) is 20.4 Å². The van der Waals surface area contributed by atoms with Crippen LogP contribution in [0.4, 0.5) is 0 Å². The Kier molecular flexibility index (Phi) is 5.73. The maximum atomic E-state index is 11.6. The molecule has 0 aliphatic rings. The third kappa shape index (κ3) is 4.71. The van der Waals surface area contributed by atoms with Crippen molar-refractivity contribution in [2.24, 2.45) is 5.16 Å². The largest absolute Gasteiger partial charge is 0.444 e. The number of hydrogen-bond donors (Lipinski definition) is 2. The average Bonchev–Trinajstić information content (AvgIpc) is 3.15. The first kappa shape index (κ1) is 16.2. The molecule has 0 spiro atoms. The third-order valence-electron chi connectivity index (χ3n) is 2.39. The van der Waals surface area contributed by atoms with Gasteiger partial charge in [-0.05, 0) is 46.4 Å². The Labute approximate surface area is 138 Å². The Morgan fingerprint density at radius 2 is 2.18 bits per heavy atom. The highest BCUT2D eigenvalue weighted by molar-refractivity contribution is 9.10. The van der Waals surface area contributed by atoms with Gasteiger partial charge in [0.2, 0.25) is 0 Å². The van der Waals surface area contributed by atoms with Gasteiger partial charge in [-0.2, -0.15) is 0 Å². The molecule has 0 bridgehead atoms. The fourth-order valence-corrected chi connectivity index (χ4v) is 2.35. The van der Waals surface area contributed by atoms with Gasteiger partial charge < -0.3 is 9.25 Å². The zero-order valence-electron chi connectivity index (χ0n) is 11.5. The number of hydrazine groups is 1. The molecule has 2 aromatic heterocycles. The van der Waals surface area contributed by atoms with E-state index in [4.69, 9.17) is 9.25 Å². The highest BCUT2D eigenvalue weighted by Crippen LogP contribution is 2.13. The van der Waals surface area contributed by atoms with Crippen molar-refractivity contribution in [1.29, 1.82) is 0 Å². The van der Waals surface area contributed by atoms with Crippen LogP contribution in [-0.4, -0.2) is 24.1 Å². The van der Waals surface area contributed by atoms with Gasteiger partial charge in [-0.1, -0.05) is 11.2 Å². The van der Waals surface area contributed by atoms with E-state index < -0.39 is 11.8 Å².